The first-order valence-electron chi connectivity index (χ1n) is 4.89. The van der Waals surface area contributed by atoms with Crippen molar-refractivity contribution in [1.29, 1.82) is 0 Å². The fraction of sp³-hybridized carbons (Fsp3) is 0.300. The molecule has 0 unspecified atom stereocenters. The Kier molecular flexibility index (Phi) is 5.10. The summed E-state index contributed by atoms with van der Waals surface area (Å²) >= 11 is 3.25. The van der Waals surface area contributed by atoms with Crippen molar-refractivity contribution < 1.29 is 13.2 Å². The van der Waals surface area contributed by atoms with Gasteiger partial charge in [0.15, 0.2) is 9.84 Å². The lowest BCUT2D eigenvalue weighted by Crippen LogP contribution is -2.27. The van der Waals surface area contributed by atoms with Crippen molar-refractivity contribution in [3.8, 4) is 0 Å². The molecule has 0 spiro atoms. The van der Waals surface area contributed by atoms with Gasteiger partial charge in [0, 0.05) is 16.7 Å². The van der Waals surface area contributed by atoms with E-state index in [2.05, 4.69) is 21.2 Å². The second-order valence-electron chi connectivity index (χ2n) is 3.44. The molecule has 0 aliphatic rings. The normalized spacial score (nSPS) is 11.2. The van der Waals surface area contributed by atoms with Crippen LogP contribution in [0.25, 0.3) is 0 Å². The van der Waals surface area contributed by atoms with E-state index in [0.717, 1.165) is 4.47 Å². The van der Waals surface area contributed by atoms with Crippen LogP contribution in [0.5, 0.6) is 0 Å². The van der Waals surface area contributed by atoms with Gasteiger partial charge in [-0.25, -0.2) is 8.42 Å². The molecule has 0 atom stereocenters. The van der Waals surface area contributed by atoms with Crippen LogP contribution in [-0.2, 0) is 14.6 Å². The minimum Gasteiger partial charge on any atom is -0.329 e. The summed E-state index contributed by atoms with van der Waals surface area (Å²) in [5.74, 6) is -1.29. The zero-order chi connectivity index (χ0) is 12.9. The van der Waals surface area contributed by atoms with Crippen molar-refractivity contribution >= 4 is 37.4 Å². The Labute approximate surface area is 108 Å². The molecule has 1 rings (SSSR count). The minimum atomic E-state index is -3.41. The van der Waals surface area contributed by atoms with Gasteiger partial charge in [-0.05, 0) is 18.2 Å². The molecule has 0 radical (unpaired) electrons. The van der Waals surface area contributed by atoms with E-state index in [-0.39, 0.29) is 12.3 Å². The van der Waals surface area contributed by atoms with Gasteiger partial charge in [0.1, 0.15) is 5.75 Å². The molecule has 0 saturated carbocycles. The zero-order valence-electron chi connectivity index (χ0n) is 9.02. The summed E-state index contributed by atoms with van der Waals surface area (Å²) in [4.78, 5) is 11.5. The Hall–Kier alpha value is -0.920. The number of nitrogens with one attached hydrogen (secondary N) is 1. The van der Waals surface area contributed by atoms with Crippen LogP contribution < -0.4 is 11.1 Å². The van der Waals surface area contributed by atoms with Crippen LogP contribution in [0, 0.1) is 0 Å². The number of hydrogen-bond donors (Lipinski definition) is 2. The highest BCUT2D eigenvalue weighted by molar-refractivity contribution is 9.10. The highest BCUT2D eigenvalue weighted by Crippen LogP contribution is 2.15. The van der Waals surface area contributed by atoms with Gasteiger partial charge in [-0.2, -0.15) is 0 Å². The number of rotatable bonds is 5. The average Bonchev–Trinajstić information content (AvgIpc) is 2.15. The Balaban J connectivity index is 2.62. The van der Waals surface area contributed by atoms with E-state index in [4.69, 9.17) is 5.73 Å². The monoisotopic (exact) mass is 320 g/mol. The lowest BCUT2D eigenvalue weighted by Gasteiger charge is -2.05. The summed E-state index contributed by atoms with van der Waals surface area (Å²) in [5.41, 5.74) is 5.69. The first-order chi connectivity index (χ1) is 7.93. The Morgan fingerprint density at radius 3 is 2.71 bits per heavy atom. The summed E-state index contributed by atoms with van der Waals surface area (Å²) in [6.07, 6.45) is 0. The number of sulfone groups is 1. The molecular weight excluding hydrogens is 308 g/mol. The number of nitrogens with two attached hydrogens (primary N) is 1. The van der Waals surface area contributed by atoms with Crippen molar-refractivity contribution in [3.63, 3.8) is 0 Å². The maximum atomic E-state index is 11.5. The summed E-state index contributed by atoms with van der Waals surface area (Å²) in [6, 6.07) is 6.92. The fourth-order valence-corrected chi connectivity index (χ4v) is 2.59. The molecule has 0 saturated heterocycles. The lowest BCUT2D eigenvalue weighted by atomic mass is 10.3. The molecule has 3 N–H and O–H groups in total. The van der Waals surface area contributed by atoms with Crippen LogP contribution in [0.15, 0.2) is 28.7 Å². The van der Waals surface area contributed by atoms with Crippen molar-refractivity contribution in [1.82, 2.24) is 0 Å². The molecule has 5 nitrogen and oxygen atoms in total. The molecule has 0 bridgehead atoms. The van der Waals surface area contributed by atoms with E-state index in [1.54, 1.807) is 24.3 Å². The molecule has 1 aromatic carbocycles. The highest BCUT2D eigenvalue weighted by Gasteiger charge is 2.15. The van der Waals surface area contributed by atoms with E-state index < -0.39 is 21.5 Å². The maximum Gasteiger partial charge on any atom is 0.239 e. The van der Waals surface area contributed by atoms with Crippen LogP contribution in [0.3, 0.4) is 0 Å². The van der Waals surface area contributed by atoms with Crippen molar-refractivity contribution in [2.75, 3.05) is 23.4 Å². The second-order valence-corrected chi connectivity index (χ2v) is 6.54. The molecule has 0 aromatic heterocycles. The van der Waals surface area contributed by atoms with Crippen LogP contribution >= 0.6 is 15.9 Å². The van der Waals surface area contributed by atoms with Crippen LogP contribution in [0.2, 0.25) is 0 Å². The molecule has 0 fully saturated rings. The predicted molar refractivity (Wildman–Crippen MR) is 70.5 cm³/mol. The topological polar surface area (TPSA) is 89.3 Å². The fourth-order valence-electron chi connectivity index (χ4n) is 1.21. The van der Waals surface area contributed by atoms with E-state index >= 15 is 0 Å². The van der Waals surface area contributed by atoms with Crippen molar-refractivity contribution in [2.24, 2.45) is 5.73 Å². The molecule has 1 aromatic rings. The second kappa shape index (κ2) is 6.13. The Morgan fingerprint density at radius 1 is 1.41 bits per heavy atom. The summed E-state index contributed by atoms with van der Waals surface area (Å²) < 4.78 is 23.5. The van der Waals surface area contributed by atoms with Gasteiger partial charge in [0.05, 0.1) is 5.75 Å². The van der Waals surface area contributed by atoms with Crippen LogP contribution in [0.4, 0.5) is 5.69 Å². The highest BCUT2D eigenvalue weighted by atomic mass is 79.9. The number of benzene rings is 1. The number of hydrogen-bond acceptors (Lipinski definition) is 4. The third kappa shape index (κ3) is 5.29. The van der Waals surface area contributed by atoms with E-state index in [0.29, 0.717) is 5.69 Å². The molecule has 94 valence electrons. The van der Waals surface area contributed by atoms with Gasteiger partial charge in [0.2, 0.25) is 5.91 Å². The number of carbonyl (C=O) groups excluding carboxylic acids is 1. The summed E-state index contributed by atoms with van der Waals surface area (Å²) in [7, 11) is -3.41. The zero-order valence-corrected chi connectivity index (χ0v) is 11.4. The lowest BCUT2D eigenvalue weighted by molar-refractivity contribution is -0.113. The van der Waals surface area contributed by atoms with Crippen LogP contribution in [-0.4, -0.2) is 32.4 Å². The van der Waals surface area contributed by atoms with E-state index in [1.165, 1.54) is 0 Å². The molecule has 0 heterocycles. The predicted octanol–water partition coefficient (Wildman–Crippen LogP) is 0.761. The SMILES string of the molecule is NCCS(=O)(=O)CC(=O)Nc1cccc(Br)c1. The first-order valence-corrected chi connectivity index (χ1v) is 7.50. The third-order valence-corrected chi connectivity index (χ3v) is 3.94. The molecular formula is C10H13BrN2O3S. The molecule has 7 heteroatoms. The van der Waals surface area contributed by atoms with Gasteiger partial charge in [-0.3, -0.25) is 4.79 Å². The Morgan fingerprint density at radius 2 is 2.12 bits per heavy atom. The van der Waals surface area contributed by atoms with Crippen molar-refractivity contribution in [2.45, 2.75) is 0 Å². The average molecular weight is 321 g/mol. The van der Waals surface area contributed by atoms with E-state index in [9.17, 15) is 13.2 Å². The molecule has 1 amide bonds. The largest absolute Gasteiger partial charge is 0.329 e. The van der Waals surface area contributed by atoms with Gasteiger partial charge in [-0.15, -0.1) is 0 Å². The quantitative estimate of drug-likeness (QED) is 0.838. The molecule has 0 aliphatic carbocycles. The van der Waals surface area contributed by atoms with Gasteiger partial charge in [-0.1, -0.05) is 22.0 Å². The number of amides is 1. The van der Waals surface area contributed by atoms with Gasteiger partial charge >= 0.3 is 0 Å². The number of halogens is 1. The first kappa shape index (κ1) is 14.1. The minimum absolute atomic E-state index is 0.0203. The third-order valence-electron chi connectivity index (χ3n) is 1.89. The smallest absolute Gasteiger partial charge is 0.239 e. The number of carbonyl (C=O) groups is 1. The van der Waals surface area contributed by atoms with Gasteiger partial charge in [0.25, 0.3) is 0 Å². The molecule has 17 heavy (non-hydrogen) atoms. The maximum absolute atomic E-state index is 11.5. The summed E-state index contributed by atoms with van der Waals surface area (Å²) in [5, 5.41) is 2.51. The van der Waals surface area contributed by atoms with E-state index in [1.807, 2.05) is 0 Å². The summed E-state index contributed by atoms with van der Waals surface area (Å²) in [6.45, 7) is 0.0203. The molecule has 0 aliphatic heterocycles. The van der Waals surface area contributed by atoms with Crippen LogP contribution in [0.1, 0.15) is 0 Å². The number of anilines is 1. The van der Waals surface area contributed by atoms with Gasteiger partial charge < -0.3 is 11.1 Å². The standard InChI is InChI=1S/C10H13BrN2O3S/c11-8-2-1-3-9(6-8)13-10(14)7-17(15,16)5-4-12/h1-3,6H,4-5,7,12H2,(H,13,14). The van der Waals surface area contributed by atoms with Crippen molar-refractivity contribution in [3.05, 3.63) is 28.7 Å². The Bertz CT molecular complexity index is 502.